The van der Waals surface area contributed by atoms with Crippen LogP contribution in [0.25, 0.3) is 0 Å². The fourth-order valence-corrected chi connectivity index (χ4v) is 3.83. The van der Waals surface area contributed by atoms with Gasteiger partial charge in [0.2, 0.25) is 0 Å². The molecule has 3 nitrogen and oxygen atoms in total. The van der Waals surface area contributed by atoms with Crippen molar-refractivity contribution in [1.29, 1.82) is 0 Å². The lowest BCUT2D eigenvalue weighted by molar-refractivity contribution is -0.151. The summed E-state index contributed by atoms with van der Waals surface area (Å²) in [4.78, 5) is 14.7. The largest absolute Gasteiger partial charge is 0.464 e. The average Bonchev–Trinajstić information content (AvgIpc) is 3.07. The Labute approximate surface area is 124 Å². The molecule has 2 atom stereocenters. The van der Waals surface area contributed by atoms with E-state index in [2.05, 4.69) is 18.7 Å². The minimum atomic E-state index is 0.0750. The van der Waals surface area contributed by atoms with E-state index in [9.17, 15) is 4.79 Å². The molecule has 2 aliphatic rings. The zero-order valence-corrected chi connectivity index (χ0v) is 13.3. The highest BCUT2D eigenvalue weighted by molar-refractivity contribution is 5.72. The molecule has 0 N–H and O–H groups in total. The lowest BCUT2D eigenvalue weighted by atomic mass is 9.87. The Morgan fingerprint density at radius 1 is 1.30 bits per heavy atom. The van der Waals surface area contributed by atoms with Crippen LogP contribution in [0.3, 0.4) is 0 Å². The Morgan fingerprint density at radius 3 is 2.65 bits per heavy atom. The molecule has 0 aromatic heterocycles. The van der Waals surface area contributed by atoms with Crippen molar-refractivity contribution in [1.82, 2.24) is 4.90 Å². The number of hydrogen-bond donors (Lipinski definition) is 0. The summed E-state index contributed by atoms with van der Waals surface area (Å²) in [6.07, 6.45) is 8.42. The molecule has 1 heterocycles. The van der Waals surface area contributed by atoms with Crippen molar-refractivity contribution in [3.63, 3.8) is 0 Å². The predicted octanol–water partition coefficient (Wildman–Crippen LogP) is 3.48. The standard InChI is InChI=1S/C17H31NO2/c1-3-6-16(15-7-4-5-8-15)17(19)20-12-11-18-10-9-14(2)13-18/h14-16H,3-13H2,1-2H3. The van der Waals surface area contributed by atoms with Crippen LogP contribution in [0, 0.1) is 17.8 Å². The van der Waals surface area contributed by atoms with Gasteiger partial charge in [-0.1, -0.05) is 33.1 Å². The molecule has 116 valence electrons. The van der Waals surface area contributed by atoms with Crippen LogP contribution < -0.4 is 0 Å². The average molecular weight is 281 g/mol. The quantitative estimate of drug-likeness (QED) is 0.669. The van der Waals surface area contributed by atoms with Crippen LogP contribution in [0.4, 0.5) is 0 Å². The minimum Gasteiger partial charge on any atom is -0.464 e. The number of carbonyl (C=O) groups is 1. The summed E-state index contributed by atoms with van der Waals surface area (Å²) in [6.45, 7) is 8.29. The van der Waals surface area contributed by atoms with Crippen molar-refractivity contribution in [3.8, 4) is 0 Å². The maximum atomic E-state index is 12.3. The summed E-state index contributed by atoms with van der Waals surface area (Å²) in [7, 11) is 0. The zero-order valence-electron chi connectivity index (χ0n) is 13.3. The molecule has 2 unspecified atom stereocenters. The Kier molecular flexibility index (Phi) is 6.34. The molecular weight excluding hydrogens is 250 g/mol. The van der Waals surface area contributed by atoms with Crippen LogP contribution in [0.15, 0.2) is 0 Å². The second kappa shape index (κ2) is 8.02. The molecule has 1 saturated carbocycles. The Bertz CT molecular complexity index is 299. The van der Waals surface area contributed by atoms with Crippen LogP contribution in [0.5, 0.6) is 0 Å². The van der Waals surface area contributed by atoms with Gasteiger partial charge in [0.05, 0.1) is 5.92 Å². The van der Waals surface area contributed by atoms with Crippen LogP contribution >= 0.6 is 0 Å². The molecule has 2 fully saturated rings. The number of carbonyl (C=O) groups excluding carboxylic acids is 1. The summed E-state index contributed by atoms with van der Waals surface area (Å²) in [5.41, 5.74) is 0. The van der Waals surface area contributed by atoms with E-state index >= 15 is 0 Å². The van der Waals surface area contributed by atoms with Crippen molar-refractivity contribution in [2.75, 3.05) is 26.2 Å². The van der Waals surface area contributed by atoms with E-state index in [1.807, 2.05) is 0 Å². The van der Waals surface area contributed by atoms with Gasteiger partial charge in [0.15, 0.2) is 0 Å². The van der Waals surface area contributed by atoms with Gasteiger partial charge in [-0.05, 0) is 44.1 Å². The van der Waals surface area contributed by atoms with E-state index in [1.54, 1.807) is 0 Å². The Morgan fingerprint density at radius 2 is 2.05 bits per heavy atom. The van der Waals surface area contributed by atoms with E-state index in [0.717, 1.165) is 25.3 Å². The first kappa shape index (κ1) is 15.8. The predicted molar refractivity (Wildman–Crippen MR) is 81.5 cm³/mol. The molecule has 20 heavy (non-hydrogen) atoms. The number of nitrogens with zero attached hydrogens (tertiary/aromatic N) is 1. The molecule has 0 bridgehead atoms. The van der Waals surface area contributed by atoms with E-state index in [4.69, 9.17) is 4.74 Å². The van der Waals surface area contributed by atoms with Gasteiger partial charge in [0.1, 0.15) is 6.61 Å². The SMILES string of the molecule is CCCC(C(=O)OCCN1CCC(C)C1)C1CCCC1. The summed E-state index contributed by atoms with van der Waals surface area (Å²) < 4.78 is 5.59. The van der Waals surface area contributed by atoms with Gasteiger partial charge in [-0.25, -0.2) is 0 Å². The molecule has 2 rings (SSSR count). The molecule has 1 saturated heterocycles. The van der Waals surface area contributed by atoms with Gasteiger partial charge >= 0.3 is 5.97 Å². The maximum absolute atomic E-state index is 12.3. The van der Waals surface area contributed by atoms with E-state index < -0.39 is 0 Å². The minimum absolute atomic E-state index is 0.0750. The van der Waals surface area contributed by atoms with Gasteiger partial charge in [-0.3, -0.25) is 9.69 Å². The van der Waals surface area contributed by atoms with E-state index in [1.165, 1.54) is 45.2 Å². The topological polar surface area (TPSA) is 29.5 Å². The number of rotatable bonds is 7. The molecule has 0 aromatic rings. The van der Waals surface area contributed by atoms with E-state index in [0.29, 0.717) is 12.5 Å². The molecule has 3 heteroatoms. The van der Waals surface area contributed by atoms with Crippen LogP contribution in [-0.4, -0.2) is 37.1 Å². The molecule has 1 aliphatic carbocycles. The van der Waals surface area contributed by atoms with Crippen molar-refractivity contribution in [2.45, 2.75) is 58.8 Å². The van der Waals surface area contributed by atoms with Crippen LogP contribution in [0.2, 0.25) is 0 Å². The first-order valence-electron chi connectivity index (χ1n) is 8.59. The third-order valence-corrected chi connectivity index (χ3v) is 5.03. The summed E-state index contributed by atoms with van der Waals surface area (Å²) >= 11 is 0. The molecular formula is C17H31NO2. The van der Waals surface area contributed by atoms with Crippen LogP contribution in [-0.2, 0) is 9.53 Å². The number of ether oxygens (including phenoxy) is 1. The van der Waals surface area contributed by atoms with Gasteiger partial charge in [0, 0.05) is 13.1 Å². The first-order chi connectivity index (χ1) is 9.70. The van der Waals surface area contributed by atoms with Crippen molar-refractivity contribution in [3.05, 3.63) is 0 Å². The Balaban J connectivity index is 1.70. The maximum Gasteiger partial charge on any atom is 0.309 e. The fraction of sp³-hybridized carbons (Fsp3) is 0.941. The summed E-state index contributed by atoms with van der Waals surface area (Å²) in [6, 6.07) is 0. The molecule has 1 aliphatic heterocycles. The highest BCUT2D eigenvalue weighted by atomic mass is 16.5. The lowest BCUT2D eigenvalue weighted by Crippen LogP contribution is -2.29. The number of likely N-dealkylation sites (tertiary alicyclic amines) is 1. The zero-order chi connectivity index (χ0) is 14.4. The second-order valence-electron chi connectivity index (χ2n) is 6.80. The molecule has 0 amide bonds. The Hall–Kier alpha value is -0.570. The third kappa shape index (κ3) is 4.47. The summed E-state index contributed by atoms with van der Waals surface area (Å²) in [5.74, 6) is 1.64. The fourth-order valence-electron chi connectivity index (χ4n) is 3.83. The van der Waals surface area contributed by atoms with E-state index in [-0.39, 0.29) is 11.9 Å². The van der Waals surface area contributed by atoms with Crippen molar-refractivity contribution < 1.29 is 9.53 Å². The summed E-state index contributed by atoms with van der Waals surface area (Å²) in [5, 5.41) is 0. The highest BCUT2D eigenvalue weighted by Crippen LogP contribution is 2.34. The highest BCUT2D eigenvalue weighted by Gasteiger charge is 2.31. The molecule has 0 aromatic carbocycles. The van der Waals surface area contributed by atoms with Gasteiger partial charge in [0.25, 0.3) is 0 Å². The lowest BCUT2D eigenvalue weighted by Gasteiger charge is -2.22. The van der Waals surface area contributed by atoms with Crippen molar-refractivity contribution in [2.24, 2.45) is 17.8 Å². The van der Waals surface area contributed by atoms with Gasteiger partial charge in [-0.2, -0.15) is 0 Å². The van der Waals surface area contributed by atoms with Gasteiger partial charge < -0.3 is 4.74 Å². The molecule has 0 radical (unpaired) electrons. The normalized spacial score (nSPS) is 26.0. The number of hydrogen-bond acceptors (Lipinski definition) is 3. The van der Waals surface area contributed by atoms with Crippen molar-refractivity contribution >= 4 is 5.97 Å². The monoisotopic (exact) mass is 281 g/mol. The number of esters is 1. The first-order valence-corrected chi connectivity index (χ1v) is 8.59. The molecule has 0 spiro atoms. The van der Waals surface area contributed by atoms with Crippen LogP contribution in [0.1, 0.15) is 58.8 Å². The smallest absolute Gasteiger partial charge is 0.309 e. The third-order valence-electron chi connectivity index (χ3n) is 5.03. The second-order valence-corrected chi connectivity index (χ2v) is 6.80. The van der Waals surface area contributed by atoms with Gasteiger partial charge in [-0.15, -0.1) is 0 Å².